The molecular weight excluding hydrogens is 490 g/mol. The van der Waals surface area contributed by atoms with E-state index in [4.69, 9.17) is 4.74 Å². The number of ketones is 1. The minimum absolute atomic E-state index is 0.0433. The number of rotatable bonds is 6. The molecular formula is C26H20F2N2O5S. The van der Waals surface area contributed by atoms with Gasteiger partial charge in [0, 0.05) is 11.1 Å². The number of nitrogens with zero attached hydrogens (tertiary/aromatic N) is 2. The van der Waals surface area contributed by atoms with Gasteiger partial charge in [0.2, 0.25) is 0 Å². The molecule has 10 heteroatoms. The average molecular weight is 511 g/mol. The molecule has 3 aromatic rings. The Hall–Kier alpha value is -4.18. The summed E-state index contributed by atoms with van der Waals surface area (Å²) < 4.78 is 34.3. The summed E-state index contributed by atoms with van der Waals surface area (Å²) in [5.41, 5.74) is -0.0291. The molecule has 1 fully saturated rings. The number of halogens is 2. The van der Waals surface area contributed by atoms with Crippen LogP contribution in [0.25, 0.3) is 5.76 Å². The van der Waals surface area contributed by atoms with Gasteiger partial charge in [-0.2, -0.15) is 0 Å². The molecule has 1 aliphatic heterocycles. The van der Waals surface area contributed by atoms with E-state index >= 15 is 0 Å². The Balaban J connectivity index is 1.91. The number of Topliss-reactive ketones (excluding diaryl/α,β-unsaturated/α-hetero) is 1. The molecule has 0 saturated carbocycles. The number of aryl methyl sites for hydroxylation is 2. The number of carbonyl (C=O) groups excluding carboxylic acids is 3. The van der Waals surface area contributed by atoms with Gasteiger partial charge in [0.25, 0.3) is 5.78 Å². The van der Waals surface area contributed by atoms with Gasteiger partial charge >= 0.3 is 11.9 Å². The van der Waals surface area contributed by atoms with E-state index in [0.717, 1.165) is 28.4 Å². The van der Waals surface area contributed by atoms with Crippen molar-refractivity contribution in [2.45, 2.75) is 19.9 Å². The van der Waals surface area contributed by atoms with Crippen molar-refractivity contribution < 1.29 is 33.0 Å². The number of aliphatic hydroxyl groups excluding tert-OH is 1. The number of benzene rings is 2. The Morgan fingerprint density at radius 1 is 1.19 bits per heavy atom. The van der Waals surface area contributed by atoms with E-state index in [0.29, 0.717) is 5.56 Å². The molecule has 4 rings (SSSR count). The minimum atomic E-state index is -1.42. The number of anilines is 1. The Morgan fingerprint density at radius 3 is 2.58 bits per heavy atom. The molecule has 1 aromatic heterocycles. The van der Waals surface area contributed by atoms with Crippen LogP contribution in [-0.4, -0.2) is 34.4 Å². The summed E-state index contributed by atoms with van der Waals surface area (Å²) in [6, 6.07) is 7.85. The van der Waals surface area contributed by atoms with Crippen molar-refractivity contribution in [1.82, 2.24) is 4.98 Å². The van der Waals surface area contributed by atoms with Crippen LogP contribution in [0, 0.1) is 25.5 Å². The third-order valence-electron chi connectivity index (χ3n) is 5.60. The highest BCUT2D eigenvalue weighted by Gasteiger charge is 2.49. The molecule has 0 radical (unpaired) electrons. The van der Waals surface area contributed by atoms with Gasteiger partial charge < -0.3 is 9.84 Å². The molecule has 1 amide bonds. The highest BCUT2D eigenvalue weighted by atomic mass is 32.1. The fourth-order valence-corrected chi connectivity index (χ4v) is 4.78. The summed E-state index contributed by atoms with van der Waals surface area (Å²) in [6.45, 7) is 6.49. The lowest BCUT2D eigenvalue weighted by atomic mass is 9.94. The largest absolute Gasteiger partial charge is 0.507 e. The van der Waals surface area contributed by atoms with Gasteiger partial charge in [-0.15, -0.1) is 0 Å². The van der Waals surface area contributed by atoms with E-state index in [2.05, 4.69) is 11.6 Å². The third kappa shape index (κ3) is 4.31. The zero-order valence-electron chi connectivity index (χ0n) is 19.2. The Bertz CT molecular complexity index is 1450. The van der Waals surface area contributed by atoms with Crippen LogP contribution in [0.15, 0.2) is 60.7 Å². The van der Waals surface area contributed by atoms with E-state index in [1.807, 2.05) is 0 Å². The van der Waals surface area contributed by atoms with E-state index in [1.54, 1.807) is 0 Å². The first-order valence-electron chi connectivity index (χ1n) is 10.7. The lowest BCUT2D eigenvalue weighted by Crippen LogP contribution is -2.29. The fraction of sp³-hybridized carbons (Fsp3) is 0.154. The molecule has 1 N–H and O–H groups in total. The summed E-state index contributed by atoms with van der Waals surface area (Å²) in [5, 5.41) is 11.0. The van der Waals surface area contributed by atoms with Crippen molar-refractivity contribution in [3.63, 3.8) is 0 Å². The first-order chi connectivity index (χ1) is 17.1. The maximum absolute atomic E-state index is 15.0. The van der Waals surface area contributed by atoms with Crippen LogP contribution in [0.1, 0.15) is 38.1 Å². The van der Waals surface area contributed by atoms with Crippen LogP contribution in [0.3, 0.4) is 0 Å². The summed E-state index contributed by atoms with van der Waals surface area (Å²) in [7, 11) is 0. The molecule has 36 heavy (non-hydrogen) atoms. The van der Waals surface area contributed by atoms with Crippen molar-refractivity contribution in [3.05, 3.63) is 99.6 Å². The molecule has 7 nitrogen and oxygen atoms in total. The van der Waals surface area contributed by atoms with Gasteiger partial charge in [0.05, 0.1) is 11.3 Å². The Morgan fingerprint density at radius 2 is 1.92 bits per heavy atom. The maximum Gasteiger partial charge on any atom is 0.350 e. The lowest BCUT2D eigenvalue weighted by Gasteiger charge is -2.23. The van der Waals surface area contributed by atoms with E-state index in [9.17, 15) is 28.3 Å². The molecule has 0 bridgehead atoms. The predicted molar refractivity (Wildman–Crippen MR) is 130 cm³/mol. The van der Waals surface area contributed by atoms with Crippen molar-refractivity contribution in [3.8, 4) is 0 Å². The third-order valence-corrected chi connectivity index (χ3v) is 6.74. The topological polar surface area (TPSA) is 96.8 Å². The number of carbonyl (C=O) groups is 3. The number of esters is 1. The van der Waals surface area contributed by atoms with Crippen molar-refractivity contribution >= 4 is 39.9 Å². The van der Waals surface area contributed by atoms with Crippen molar-refractivity contribution in [1.29, 1.82) is 0 Å². The lowest BCUT2D eigenvalue weighted by molar-refractivity contribution is -0.132. The summed E-state index contributed by atoms with van der Waals surface area (Å²) >= 11 is 0.786. The smallest absolute Gasteiger partial charge is 0.350 e. The second-order valence-corrected chi connectivity index (χ2v) is 8.93. The van der Waals surface area contributed by atoms with Gasteiger partial charge in [-0.1, -0.05) is 54.3 Å². The number of thiazole rings is 1. The Labute approximate surface area is 209 Å². The summed E-state index contributed by atoms with van der Waals surface area (Å²) in [4.78, 5) is 44.1. The molecule has 0 spiro atoms. The first-order valence-corrected chi connectivity index (χ1v) is 11.5. The van der Waals surface area contributed by atoms with Crippen LogP contribution >= 0.6 is 11.3 Å². The second-order valence-electron chi connectivity index (χ2n) is 7.95. The molecule has 2 aromatic carbocycles. The first kappa shape index (κ1) is 24.9. The number of hydrogen-bond acceptors (Lipinski definition) is 7. The summed E-state index contributed by atoms with van der Waals surface area (Å²) in [5.74, 6) is -4.93. The van der Waals surface area contributed by atoms with Crippen LogP contribution in [0.5, 0.6) is 0 Å². The number of aliphatic hydroxyl groups is 1. The Kier molecular flexibility index (Phi) is 6.80. The molecule has 2 heterocycles. The van der Waals surface area contributed by atoms with Gasteiger partial charge in [0.15, 0.2) is 5.13 Å². The van der Waals surface area contributed by atoms with Crippen molar-refractivity contribution in [2.24, 2.45) is 0 Å². The normalized spacial score (nSPS) is 16.9. The van der Waals surface area contributed by atoms with Gasteiger partial charge in [-0.3, -0.25) is 14.5 Å². The van der Waals surface area contributed by atoms with Crippen LogP contribution < -0.4 is 4.90 Å². The average Bonchev–Trinajstić information content (AvgIpc) is 3.36. The van der Waals surface area contributed by atoms with Gasteiger partial charge in [-0.25, -0.2) is 18.6 Å². The molecule has 184 valence electrons. The van der Waals surface area contributed by atoms with Gasteiger partial charge in [0.1, 0.15) is 34.9 Å². The van der Waals surface area contributed by atoms with Gasteiger partial charge in [-0.05, 0) is 31.5 Å². The standard InChI is InChI=1S/C26H20F2N2O5S/c1-4-11-35-25(34)23-14(3)29-26(36-23)30-20(16-7-5-6-8-17(16)27)19(22(32)24(30)33)21(31)15-10-9-13(2)18(28)12-15/h4-10,12,20,31H,1,11H2,2-3H3/b21-19+. The number of hydrogen-bond donors (Lipinski definition) is 1. The number of ether oxygens (including phenoxy) is 1. The van der Waals surface area contributed by atoms with E-state index in [-0.39, 0.29) is 33.4 Å². The zero-order valence-corrected chi connectivity index (χ0v) is 20.1. The van der Waals surface area contributed by atoms with E-state index < -0.39 is 46.7 Å². The predicted octanol–water partition coefficient (Wildman–Crippen LogP) is 5.01. The van der Waals surface area contributed by atoms with Crippen LogP contribution in [0.2, 0.25) is 0 Å². The van der Waals surface area contributed by atoms with Crippen LogP contribution in [-0.2, 0) is 14.3 Å². The molecule has 1 aliphatic rings. The molecule has 1 saturated heterocycles. The highest BCUT2D eigenvalue weighted by molar-refractivity contribution is 7.17. The highest BCUT2D eigenvalue weighted by Crippen LogP contribution is 2.44. The SMILES string of the molecule is C=CCOC(=O)c1sc(N2C(=O)C(=O)/C(=C(/O)c3ccc(C)c(F)c3)C2c2ccccc2F)nc1C. The van der Waals surface area contributed by atoms with Crippen LogP contribution in [0.4, 0.5) is 13.9 Å². The quantitative estimate of drug-likeness (QED) is 0.165. The molecule has 0 aliphatic carbocycles. The second kappa shape index (κ2) is 9.82. The maximum atomic E-state index is 15.0. The van der Waals surface area contributed by atoms with E-state index in [1.165, 1.54) is 50.3 Å². The minimum Gasteiger partial charge on any atom is -0.507 e. The molecule has 1 atom stereocenters. The fourth-order valence-electron chi connectivity index (χ4n) is 3.79. The summed E-state index contributed by atoms with van der Waals surface area (Å²) in [6.07, 6.45) is 1.39. The van der Waals surface area contributed by atoms with Crippen molar-refractivity contribution in [2.75, 3.05) is 11.5 Å². The number of amides is 1. The number of aromatic nitrogens is 1. The monoisotopic (exact) mass is 510 g/mol. The molecule has 1 unspecified atom stereocenters. The zero-order chi connectivity index (χ0) is 26.1.